The third-order valence-electron chi connectivity index (χ3n) is 5.20. The highest BCUT2D eigenvalue weighted by Gasteiger charge is 2.23. The van der Waals surface area contributed by atoms with Gasteiger partial charge < -0.3 is 24.6 Å². The zero-order valence-corrected chi connectivity index (χ0v) is 19.6. The number of phenolic OH excluding ortho intramolecular Hbond substituents is 2. The molecule has 0 aliphatic heterocycles. The van der Waals surface area contributed by atoms with Crippen molar-refractivity contribution in [1.29, 1.82) is 0 Å². The van der Waals surface area contributed by atoms with E-state index in [1.165, 1.54) is 17.9 Å². The van der Waals surface area contributed by atoms with Crippen LogP contribution in [0, 0.1) is 0 Å². The van der Waals surface area contributed by atoms with Gasteiger partial charge in [0.05, 0.1) is 12.8 Å². The number of likely N-dealkylation sites (N-methyl/N-ethyl adjacent to an activating group) is 1. The predicted octanol–water partition coefficient (Wildman–Crippen LogP) is 3.26. The van der Waals surface area contributed by atoms with Gasteiger partial charge in [0, 0.05) is 23.7 Å². The van der Waals surface area contributed by atoms with Crippen LogP contribution in [0.4, 0.5) is 0 Å². The molecular weight excluding hydrogens is 424 g/mol. The van der Waals surface area contributed by atoms with E-state index in [1.54, 1.807) is 6.07 Å². The number of benzene rings is 2. The van der Waals surface area contributed by atoms with Gasteiger partial charge in [-0.15, -0.1) is 5.10 Å². The van der Waals surface area contributed by atoms with Crippen LogP contribution in [-0.2, 0) is 16.1 Å². The van der Waals surface area contributed by atoms with E-state index >= 15 is 0 Å². The summed E-state index contributed by atoms with van der Waals surface area (Å²) in [6.45, 7) is 5.09. The summed E-state index contributed by atoms with van der Waals surface area (Å²) < 4.78 is 12.0. The lowest BCUT2D eigenvalue weighted by atomic mass is 9.96. The first-order chi connectivity index (χ1) is 15.7. The number of rotatable bonds is 9. The van der Waals surface area contributed by atoms with Crippen molar-refractivity contribution >= 4 is 5.97 Å². The number of hydrogen-bond donors (Lipinski definition) is 2. The predicted molar refractivity (Wildman–Crippen MR) is 124 cm³/mol. The Morgan fingerprint density at radius 3 is 2.42 bits per heavy atom. The summed E-state index contributed by atoms with van der Waals surface area (Å²) in [6, 6.07) is 10.4. The first-order valence-electron chi connectivity index (χ1n) is 10.7. The maximum Gasteiger partial charge on any atom is 0.327 e. The third kappa shape index (κ3) is 5.61. The van der Waals surface area contributed by atoms with Crippen LogP contribution in [0.2, 0.25) is 0 Å². The van der Waals surface area contributed by atoms with Gasteiger partial charge in [-0.2, -0.15) is 0 Å². The normalized spacial score (nSPS) is 11.2. The molecule has 0 saturated carbocycles. The molecule has 2 aromatic carbocycles. The molecule has 0 aliphatic carbocycles. The van der Waals surface area contributed by atoms with Crippen LogP contribution in [0.15, 0.2) is 36.4 Å². The molecule has 1 aromatic heterocycles. The quantitative estimate of drug-likeness (QED) is 0.474. The summed E-state index contributed by atoms with van der Waals surface area (Å²) in [5.41, 5.74) is 2.74. The van der Waals surface area contributed by atoms with Crippen molar-refractivity contribution < 1.29 is 24.5 Å². The third-order valence-corrected chi connectivity index (χ3v) is 5.20. The molecule has 0 unspecified atom stereocenters. The van der Waals surface area contributed by atoms with Crippen molar-refractivity contribution in [3.8, 4) is 39.8 Å². The number of methoxy groups -OCH3 is 1. The van der Waals surface area contributed by atoms with Gasteiger partial charge in [0.2, 0.25) is 0 Å². The Morgan fingerprint density at radius 2 is 1.82 bits per heavy atom. The molecule has 2 N–H and O–H groups in total. The molecule has 0 atom stereocenters. The van der Waals surface area contributed by atoms with E-state index in [-0.39, 0.29) is 24.0 Å². The van der Waals surface area contributed by atoms with E-state index < -0.39 is 5.97 Å². The van der Waals surface area contributed by atoms with Crippen LogP contribution in [0.5, 0.6) is 17.2 Å². The van der Waals surface area contributed by atoms with Crippen molar-refractivity contribution in [2.75, 3.05) is 34.4 Å². The number of esters is 1. The fraction of sp³-hybridized carbons (Fsp3) is 0.375. The SMILES string of the molecule is COC(=O)Cn1nnc(-c2cc(C(C)C)c(O)cc2O)c1-c1ccc(OCCN(C)C)cc1. The van der Waals surface area contributed by atoms with Crippen molar-refractivity contribution in [3.63, 3.8) is 0 Å². The van der Waals surface area contributed by atoms with E-state index in [1.807, 2.05) is 57.1 Å². The first kappa shape index (κ1) is 24.1. The first-order valence-corrected chi connectivity index (χ1v) is 10.7. The molecule has 1 heterocycles. The minimum atomic E-state index is -0.478. The van der Waals surface area contributed by atoms with E-state index in [2.05, 4.69) is 10.3 Å². The molecule has 0 saturated heterocycles. The number of nitrogens with zero attached hydrogens (tertiary/aromatic N) is 4. The van der Waals surface area contributed by atoms with Crippen molar-refractivity contribution in [3.05, 3.63) is 42.0 Å². The fourth-order valence-electron chi connectivity index (χ4n) is 3.38. The number of phenols is 2. The second-order valence-corrected chi connectivity index (χ2v) is 8.28. The molecular formula is C24H30N4O5. The van der Waals surface area contributed by atoms with Crippen molar-refractivity contribution in [1.82, 2.24) is 19.9 Å². The average Bonchev–Trinajstić information content (AvgIpc) is 3.16. The van der Waals surface area contributed by atoms with Gasteiger partial charge in [-0.25, -0.2) is 4.68 Å². The largest absolute Gasteiger partial charge is 0.508 e. The summed E-state index contributed by atoms with van der Waals surface area (Å²) in [4.78, 5) is 14.0. The van der Waals surface area contributed by atoms with E-state index in [9.17, 15) is 15.0 Å². The Kier molecular flexibility index (Phi) is 7.55. The Labute approximate surface area is 193 Å². The Hall–Kier alpha value is -3.59. The number of carbonyl (C=O) groups excluding carboxylic acids is 1. The van der Waals surface area contributed by atoms with Crippen LogP contribution in [0.1, 0.15) is 25.3 Å². The molecule has 0 amide bonds. The molecule has 33 heavy (non-hydrogen) atoms. The van der Waals surface area contributed by atoms with E-state index in [4.69, 9.17) is 9.47 Å². The van der Waals surface area contributed by atoms with Crippen LogP contribution in [-0.4, -0.2) is 70.4 Å². The summed E-state index contributed by atoms with van der Waals surface area (Å²) in [6.07, 6.45) is 0. The van der Waals surface area contributed by atoms with E-state index in [0.717, 1.165) is 12.1 Å². The maximum atomic E-state index is 12.0. The number of hydrogen-bond acceptors (Lipinski definition) is 8. The lowest BCUT2D eigenvalue weighted by Gasteiger charge is -2.14. The molecule has 3 rings (SSSR count). The van der Waals surface area contributed by atoms with Gasteiger partial charge in [-0.3, -0.25) is 4.79 Å². The Balaban J connectivity index is 2.06. The van der Waals surface area contributed by atoms with Gasteiger partial charge >= 0.3 is 5.97 Å². The standard InChI is InChI=1S/C24H30N4O5/c1-15(2)18-12-19(21(30)13-20(18)29)23-24(28(26-25-23)14-22(31)32-5)16-6-8-17(9-7-16)33-11-10-27(3)4/h6-9,12-13,15,29-30H,10-11,14H2,1-5H3. The minimum Gasteiger partial charge on any atom is -0.508 e. The zero-order chi connectivity index (χ0) is 24.1. The van der Waals surface area contributed by atoms with Crippen LogP contribution < -0.4 is 4.74 Å². The monoisotopic (exact) mass is 454 g/mol. The summed E-state index contributed by atoms with van der Waals surface area (Å²) in [5.74, 6) is 0.134. The smallest absolute Gasteiger partial charge is 0.327 e. The van der Waals surface area contributed by atoms with Gasteiger partial charge in [0.1, 0.15) is 36.1 Å². The average molecular weight is 455 g/mol. The number of aromatic nitrogens is 3. The molecule has 9 heteroatoms. The van der Waals surface area contributed by atoms with Crippen LogP contribution in [0.3, 0.4) is 0 Å². The Bertz CT molecular complexity index is 1110. The minimum absolute atomic E-state index is 0.00831. The summed E-state index contributed by atoms with van der Waals surface area (Å²) >= 11 is 0. The zero-order valence-electron chi connectivity index (χ0n) is 19.6. The molecule has 0 aliphatic rings. The van der Waals surface area contributed by atoms with Gasteiger partial charge in [-0.1, -0.05) is 19.1 Å². The molecule has 0 spiro atoms. The number of aromatic hydroxyl groups is 2. The summed E-state index contributed by atoms with van der Waals surface area (Å²) in [5, 5.41) is 29.2. The lowest BCUT2D eigenvalue weighted by molar-refractivity contribution is -0.141. The van der Waals surface area contributed by atoms with E-state index in [0.29, 0.717) is 34.9 Å². The lowest BCUT2D eigenvalue weighted by Crippen LogP contribution is -2.19. The van der Waals surface area contributed by atoms with Crippen LogP contribution >= 0.6 is 0 Å². The Morgan fingerprint density at radius 1 is 1.12 bits per heavy atom. The fourth-order valence-corrected chi connectivity index (χ4v) is 3.38. The second-order valence-electron chi connectivity index (χ2n) is 8.28. The number of carbonyl (C=O) groups is 1. The second kappa shape index (κ2) is 10.4. The molecule has 9 nitrogen and oxygen atoms in total. The highest BCUT2D eigenvalue weighted by molar-refractivity contribution is 5.83. The van der Waals surface area contributed by atoms with Gasteiger partial charge in [0.25, 0.3) is 0 Å². The maximum absolute atomic E-state index is 12.0. The molecule has 176 valence electrons. The highest BCUT2D eigenvalue weighted by atomic mass is 16.5. The molecule has 0 bridgehead atoms. The van der Waals surface area contributed by atoms with Crippen molar-refractivity contribution in [2.24, 2.45) is 0 Å². The molecule has 0 radical (unpaired) electrons. The highest BCUT2D eigenvalue weighted by Crippen LogP contribution is 2.40. The van der Waals surface area contributed by atoms with Gasteiger partial charge in [0.15, 0.2) is 0 Å². The topological polar surface area (TPSA) is 110 Å². The van der Waals surface area contributed by atoms with Crippen molar-refractivity contribution in [2.45, 2.75) is 26.3 Å². The molecule has 3 aromatic rings. The number of ether oxygens (including phenoxy) is 2. The summed E-state index contributed by atoms with van der Waals surface area (Å²) in [7, 11) is 5.26. The molecule has 0 fully saturated rings. The van der Waals surface area contributed by atoms with Gasteiger partial charge in [-0.05, 0) is 55.9 Å². The van der Waals surface area contributed by atoms with Crippen LogP contribution in [0.25, 0.3) is 22.5 Å².